The molecule has 1 aromatic rings. The minimum Gasteiger partial charge on any atom is -0.497 e. The molecule has 8 nitrogen and oxygen atoms in total. The van der Waals surface area contributed by atoms with Crippen LogP contribution in [0.15, 0.2) is 29.3 Å². The molecule has 0 bridgehead atoms. The number of hydrogen-bond acceptors (Lipinski definition) is 5. The van der Waals surface area contributed by atoms with Crippen molar-refractivity contribution in [2.24, 2.45) is 4.99 Å². The Hall–Kier alpha value is -2.64. The van der Waals surface area contributed by atoms with Crippen molar-refractivity contribution in [2.45, 2.75) is 32.2 Å². The number of rotatable bonds is 8. The van der Waals surface area contributed by atoms with Crippen molar-refractivity contribution in [1.29, 1.82) is 0 Å². The fraction of sp³-hybridized carbons (Fsp3) is 0.600. The normalized spacial score (nSPS) is 15.1. The van der Waals surface area contributed by atoms with Crippen molar-refractivity contribution in [3.63, 3.8) is 0 Å². The molecule has 1 fully saturated rings. The third-order valence-electron chi connectivity index (χ3n) is 4.50. The van der Waals surface area contributed by atoms with Gasteiger partial charge in [0.1, 0.15) is 11.5 Å². The zero-order chi connectivity index (χ0) is 20.2. The summed E-state index contributed by atoms with van der Waals surface area (Å²) in [7, 11) is 3.06. The van der Waals surface area contributed by atoms with Crippen LogP contribution < -0.4 is 20.1 Å². The molecular weight excluding hydrogens is 360 g/mol. The van der Waals surface area contributed by atoms with Gasteiger partial charge < -0.3 is 29.7 Å². The summed E-state index contributed by atoms with van der Waals surface area (Å²) in [4.78, 5) is 17.9. The van der Waals surface area contributed by atoms with Gasteiger partial charge in [0.05, 0.1) is 20.8 Å². The highest BCUT2D eigenvalue weighted by Gasteiger charge is 2.23. The smallest absolute Gasteiger partial charge is 0.409 e. The number of hydrogen-bond donors (Lipinski definition) is 2. The number of piperidine rings is 1. The molecular formula is C20H32N4O4. The molecule has 0 aliphatic carbocycles. The molecule has 0 aromatic heterocycles. The standard InChI is InChI=1S/C20H32N4O4/c1-4-21-19(23-16-9-12-24(13-10-16)20(25)27-3)22-11-6-14-28-18-8-5-7-17(15-18)26-2/h5,7-8,15-16H,4,6,9-14H2,1-3H3,(H2,21,22,23). The molecule has 1 aromatic carbocycles. The molecule has 1 amide bonds. The van der Waals surface area contributed by atoms with Gasteiger partial charge in [-0.1, -0.05) is 6.07 Å². The predicted molar refractivity (Wildman–Crippen MR) is 109 cm³/mol. The molecule has 1 saturated heterocycles. The van der Waals surface area contributed by atoms with Gasteiger partial charge >= 0.3 is 6.09 Å². The fourth-order valence-corrected chi connectivity index (χ4v) is 2.99. The molecule has 0 unspecified atom stereocenters. The molecule has 0 spiro atoms. The van der Waals surface area contributed by atoms with Gasteiger partial charge in [-0.3, -0.25) is 4.99 Å². The average molecular weight is 393 g/mol. The monoisotopic (exact) mass is 392 g/mol. The summed E-state index contributed by atoms with van der Waals surface area (Å²) in [5.74, 6) is 2.39. The Morgan fingerprint density at radius 1 is 1.25 bits per heavy atom. The lowest BCUT2D eigenvalue weighted by atomic mass is 10.1. The van der Waals surface area contributed by atoms with Crippen LogP contribution in [0.3, 0.4) is 0 Å². The summed E-state index contributed by atoms with van der Waals surface area (Å²) in [5, 5.41) is 6.74. The molecule has 1 heterocycles. The first-order chi connectivity index (χ1) is 13.7. The number of nitrogens with one attached hydrogen (secondary N) is 2. The summed E-state index contributed by atoms with van der Waals surface area (Å²) < 4.78 is 15.7. The molecule has 0 saturated carbocycles. The summed E-state index contributed by atoms with van der Waals surface area (Å²) in [6, 6.07) is 7.88. The van der Waals surface area contributed by atoms with Crippen LogP contribution in [0.25, 0.3) is 0 Å². The van der Waals surface area contributed by atoms with Gasteiger partial charge in [0, 0.05) is 44.7 Å². The Morgan fingerprint density at radius 3 is 2.68 bits per heavy atom. The van der Waals surface area contributed by atoms with Crippen LogP contribution in [-0.4, -0.2) is 70.0 Å². The van der Waals surface area contributed by atoms with E-state index in [4.69, 9.17) is 14.2 Å². The Balaban J connectivity index is 1.72. The second kappa shape index (κ2) is 11.9. The summed E-state index contributed by atoms with van der Waals surface area (Å²) in [5.41, 5.74) is 0. The van der Waals surface area contributed by atoms with E-state index < -0.39 is 0 Å². The number of amides is 1. The summed E-state index contributed by atoms with van der Waals surface area (Å²) >= 11 is 0. The average Bonchev–Trinajstić information content (AvgIpc) is 2.73. The summed E-state index contributed by atoms with van der Waals surface area (Å²) in [6.45, 7) is 5.49. The number of aliphatic imine (C=N–C) groups is 1. The van der Waals surface area contributed by atoms with Crippen molar-refractivity contribution in [3.8, 4) is 11.5 Å². The van der Waals surface area contributed by atoms with E-state index in [1.807, 2.05) is 31.2 Å². The van der Waals surface area contributed by atoms with E-state index in [1.54, 1.807) is 12.0 Å². The first-order valence-corrected chi connectivity index (χ1v) is 9.80. The Kier molecular flexibility index (Phi) is 9.24. The molecule has 0 radical (unpaired) electrons. The molecule has 2 rings (SSSR count). The first kappa shape index (κ1) is 21.7. The van der Waals surface area contributed by atoms with Crippen molar-refractivity contribution < 1.29 is 19.0 Å². The van der Waals surface area contributed by atoms with Crippen LogP contribution >= 0.6 is 0 Å². The van der Waals surface area contributed by atoms with E-state index >= 15 is 0 Å². The lowest BCUT2D eigenvalue weighted by molar-refractivity contribution is 0.111. The van der Waals surface area contributed by atoms with E-state index in [1.165, 1.54) is 7.11 Å². The zero-order valence-electron chi connectivity index (χ0n) is 17.1. The zero-order valence-corrected chi connectivity index (χ0v) is 17.1. The molecule has 156 valence electrons. The van der Waals surface area contributed by atoms with Gasteiger partial charge in [0.25, 0.3) is 0 Å². The van der Waals surface area contributed by atoms with Crippen molar-refractivity contribution in [3.05, 3.63) is 24.3 Å². The number of guanidine groups is 1. The van der Waals surface area contributed by atoms with Crippen molar-refractivity contribution in [2.75, 3.05) is 47.0 Å². The first-order valence-electron chi connectivity index (χ1n) is 9.80. The van der Waals surface area contributed by atoms with Crippen molar-refractivity contribution >= 4 is 12.1 Å². The Labute approximate surface area is 167 Å². The predicted octanol–water partition coefficient (Wildman–Crippen LogP) is 2.25. The quantitative estimate of drug-likeness (QED) is 0.401. The molecule has 0 atom stereocenters. The van der Waals surface area contributed by atoms with Crippen LogP contribution in [0.5, 0.6) is 11.5 Å². The highest BCUT2D eigenvalue weighted by Crippen LogP contribution is 2.18. The number of carbonyl (C=O) groups is 1. The number of methoxy groups -OCH3 is 2. The van der Waals surface area contributed by atoms with Crippen LogP contribution in [-0.2, 0) is 4.74 Å². The minimum absolute atomic E-state index is 0.255. The van der Waals surface area contributed by atoms with E-state index in [2.05, 4.69) is 15.6 Å². The lowest BCUT2D eigenvalue weighted by Gasteiger charge is -2.32. The number of carbonyl (C=O) groups excluding carboxylic acids is 1. The number of benzene rings is 1. The number of likely N-dealkylation sites (tertiary alicyclic amines) is 1. The van der Waals surface area contributed by atoms with E-state index in [0.29, 0.717) is 32.3 Å². The van der Waals surface area contributed by atoms with Gasteiger partial charge in [-0.15, -0.1) is 0 Å². The lowest BCUT2D eigenvalue weighted by Crippen LogP contribution is -2.49. The number of nitrogens with zero attached hydrogens (tertiary/aromatic N) is 2. The van der Waals surface area contributed by atoms with Crippen LogP contribution in [0.4, 0.5) is 4.79 Å². The topological polar surface area (TPSA) is 84.4 Å². The van der Waals surface area contributed by atoms with Crippen LogP contribution in [0.2, 0.25) is 0 Å². The Morgan fingerprint density at radius 2 is 2.00 bits per heavy atom. The maximum Gasteiger partial charge on any atom is 0.409 e. The fourth-order valence-electron chi connectivity index (χ4n) is 2.99. The van der Waals surface area contributed by atoms with Gasteiger partial charge in [-0.05, 0) is 31.9 Å². The van der Waals surface area contributed by atoms with Crippen molar-refractivity contribution in [1.82, 2.24) is 15.5 Å². The minimum atomic E-state index is -0.255. The molecule has 28 heavy (non-hydrogen) atoms. The highest BCUT2D eigenvalue weighted by molar-refractivity contribution is 5.80. The maximum absolute atomic E-state index is 11.6. The molecule has 2 N–H and O–H groups in total. The molecule has 1 aliphatic heterocycles. The van der Waals surface area contributed by atoms with E-state index in [0.717, 1.165) is 43.3 Å². The second-order valence-electron chi connectivity index (χ2n) is 6.52. The van der Waals surface area contributed by atoms with Crippen LogP contribution in [0.1, 0.15) is 26.2 Å². The largest absolute Gasteiger partial charge is 0.497 e. The van der Waals surface area contributed by atoms with Gasteiger partial charge in [-0.2, -0.15) is 0 Å². The third-order valence-corrected chi connectivity index (χ3v) is 4.50. The second-order valence-corrected chi connectivity index (χ2v) is 6.52. The number of ether oxygens (including phenoxy) is 3. The third kappa shape index (κ3) is 7.17. The van der Waals surface area contributed by atoms with E-state index in [-0.39, 0.29) is 6.09 Å². The van der Waals surface area contributed by atoms with Gasteiger partial charge in [0.2, 0.25) is 0 Å². The Bertz CT molecular complexity index is 630. The highest BCUT2D eigenvalue weighted by atomic mass is 16.5. The van der Waals surface area contributed by atoms with Crippen LogP contribution in [0, 0.1) is 0 Å². The SMILES string of the molecule is CCNC(=NCCCOc1cccc(OC)c1)NC1CCN(C(=O)OC)CC1. The van der Waals surface area contributed by atoms with Gasteiger partial charge in [0.15, 0.2) is 5.96 Å². The molecule has 8 heteroatoms. The maximum atomic E-state index is 11.6. The van der Waals surface area contributed by atoms with Gasteiger partial charge in [-0.25, -0.2) is 4.79 Å². The summed E-state index contributed by atoms with van der Waals surface area (Å²) in [6.07, 6.45) is 2.31. The van der Waals surface area contributed by atoms with E-state index in [9.17, 15) is 4.79 Å². The molecule has 1 aliphatic rings.